The first kappa shape index (κ1) is 21.4. The van der Waals surface area contributed by atoms with Gasteiger partial charge in [-0.25, -0.2) is 0 Å². The van der Waals surface area contributed by atoms with Crippen molar-refractivity contribution in [3.05, 3.63) is 23.2 Å². The highest BCUT2D eigenvalue weighted by Crippen LogP contribution is 2.47. The molecule has 4 fully saturated rings. The van der Waals surface area contributed by atoms with Gasteiger partial charge in [-0.05, 0) is 49.1 Å². The van der Waals surface area contributed by atoms with Gasteiger partial charge < -0.3 is 9.42 Å². The Balaban J connectivity index is 1.08. The molecule has 3 saturated heterocycles. The van der Waals surface area contributed by atoms with Gasteiger partial charge in [0.15, 0.2) is 11.4 Å². The van der Waals surface area contributed by atoms with Crippen LogP contribution < -0.4 is 4.90 Å². The Hall–Kier alpha value is -2.12. The molecule has 2 aromatic rings. The Morgan fingerprint density at radius 3 is 2.64 bits per heavy atom. The highest BCUT2D eigenvalue weighted by molar-refractivity contribution is 6.31. The molecule has 0 unspecified atom stereocenters. The summed E-state index contributed by atoms with van der Waals surface area (Å²) < 4.78 is 5.52. The van der Waals surface area contributed by atoms with E-state index in [4.69, 9.17) is 16.1 Å². The van der Waals surface area contributed by atoms with Gasteiger partial charge in [0.05, 0.1) is 5.39 Å². The van der Waals surface area contributed by atoms with Crippen molar-refractivity contribution in [1.82, 2.24) is 15.0 Å². The molecule has 1 spiro atoms. The van der Waals surface area contributed by atoms with E-state index in [1.54, 1.807) is 4.90 Å². The van der Waals surface area contributed by atoms with Crippen LogP contribution in [0.5, 0.6) is 0 Å². The minimum atomic E-state index is -0.0186. The number of likely N-dealkylation sites (tertiary alicyclic amines) is 1. The number of imide groups is 1. The van der Waals surface area contributed by atoms with E-state index in [1.165, 1.54) is 0 Å². The molecule has 2 atom stereocenters. The van der Waals surface area contributed by atoms with E-state index in [-0.39, 0.29) is 17.2 Å². The zero-order chi connectivity index (χ0) is 22.6. The standard InChI is InChI=1S/C25H31ClN4O3/c26-18-4-6-20-21(11-18)33-27-24(20)29-10-9-28-14-17(3-5-19(28)16-29)15-30-22(31)12-25(13-23(30)32)7-1-2-8-25/h4,6,11,17,19H,1-3,5,7-10,12-16H2/t17-,19-/m0/s1. The quantitative estimate of drug-likeness (QED) is 0.629. The number of aromatic nitrogens is 1. The van der Waals surface area contributed by atoms with E-state index >= 15 is 0 Å². The van der Waals surface area contributed by atoms with Gasteiger partial charge in [0, 0.05) is 62.7 Å². The van der Waals surface area contributed by atoms with E-state index in [2.05, 4.69) is 15.0 Å². The van der Waals surface area contributed by atoms with Gasteiger partial charge in [0.25, 0.3) is 0 Å². The number of anilines is 1. The third-order valence-corrected chi connectivity index (χ3v) is 8.71. The Bertz CT molecular complexity index is 1060. The summed E-state index contributed by atoms with van der Waals surface area (Å²) in [6.45, 7) is 4.30. The van der Waals surface area contributed by atoms with E-state index in [0.717, 1.165) is 81.5 Å². The number of halogens is 1. The van der Waals surface area contributed by atoms with Crippen LogP contribution in [0.2, 0.25) is 5.02 Å². The van der Waals surface area contributed by atoms with Crippen LogP contribution in [0.25, 0.3) is 11.0 Å². The molecule has 1 aromatic carbocycles. The van der Waals surface area contributed by atoms with Crippen molar-refractivity contribution >= 4 is 40.2 Å². The number of hydrogen-bond donors (Lipinski definition) is 0. The van der Waals surface area contributed by atoms with Crippen molar-refractivity contribution < 1.29 is 14.1 Å². The van der Waals surface area contributed by atoms with Gasteiger partial charge in [-0.15, -0.1) is 0 Å². The number of carbonyl (C=O) groups excluding carboxylic acids is 2. The number of piperazine rings is 1. The molecule has 4 heterocycles. The fourth-order valence-electron chi connectivity index (χ4n) is 6.70. The second kappa shape index (κ2) is 8.27. The van der Waals surface area contributed by atoms with Crippen molar-refractivity contribution in [2.24, 2.45) is 11.3 Å². The molecular formula is C25H31ClN4O3. The van der Waals surface area contributed by atoms with Crippen molar-refractivity contribution in [3.63, 3.8) is 0 Å². The van der Waals surface area contributed by atoms with E-state index in [9.17, 15) is 9.59 Å². The van der Waals surface area contributed by atoms with Gasteiger partial charge >= 0.3 is 0 Å². The number of amides is 2. The Morgan fingerprint density at radius 2 is 1.85 bits per heavy atom. The van der Waals surface area contributed by atoms with Gasteiger partial charge in [-0.3, -0.25) is 19.4 Å². The molecule has 7 nitrogen and oxygen atoms in total. The molecule has 0 N–H and O–H groups in total. The third kappa shape index (κ3) is 3.93. The molecule has 0 bridgehead atoms. The monoisotopic (exact) mass is 470 g/mol. The molecule has 3 aliphatic heterocycles. The minimum Gasteiger partial charge on any atom is -0.354 e. The van der Waals surface area contributed by atoms with Crippen LogP contribution >= 0.6 is 11.6 Å². The second-order valence-corrected chi connectivity index (χ2v) is 11.1. The smallest absolute Gasteiger partial charge is 0.229 e. The van der Waals surface area contributed by atoms with Crippen LogP contribution in [0.1, 0.15) is 51.4 Å². The summed E-state index contributed by atoms with van der Waals surface area (Å²) in [6.07, 6.45) is 7.68. The fraction of sp³-hybridized carbons (Fsp3) is 0.640. The molecule has 1 aliphatic carbocycles. The Morgan fingerprint density at radius 1 is 1.06 bits per heavy atom. The summed E-state index contributed by atoms with van der Waals surface area (Å²) in [5, 5.41) is 5.98. The lowest BCUT2D eigenvalue weighted by Crippen LogP contribution is -2.58. The van der Waals surface area contributed by atoms with Gasteiger partial charge in [-0.1, -0.05) is 29.6 Å². The molecule has 6 rings (SSSR count). The lowest BCUT2D eigenvalue weighted by atomic mass is 9.76. The van der Waals surface area contributed by atoms with Crippen LogP contribution in [0.3, 0.4) is 0 Å². The molecular weight excluding hydrogens is 440 g/mol. The van der Waals surface area contributed by atoms with Crippen LogP contribution in [-0.4, -0.2) is 65.5 Å². The summed E-state index contributed by atoms with van der Waals surface area (Å²) >= 11 is 6.08. The topological polar surface area (TPSA) is 69.9 Å². The predicted molar refractivity (Wildman–Crippen MR) is 126 cm³/mol. The van der Waals surface area contributed by atoms with E-state index in [0.29, 0.717) is 36.4 Å². The van der Waals surface area contributed by atoms with Crippen molar-refractivity contribution in [2.75, 3.05) is 37.6 Å². The molecule has 176 valence electrons. The number of piperidine rings is 2. The molecule has 1 aromatic heterocycles. The van der Waals surface area contributed by atoms with Gasteiger partial charge in [0.2, 0.25) is 11.8 Å². The van der Waals surface area contributed by atoms with Gasteiger partial charge in [0.1, 0.15) is 0 Å². The normalized spacial score (nSPS) is 28.2. The highest BCUT2D eigenvalue weighted by Gasteiger charge is 2.46. The largest absolute Gasteiger partial charge is 0.354 e. The molecule has 2 amide bonds. The first-order valence-electron chi connectivity index (χ1n) is 12.4. The summed E-state index contributed by atoms with van der Waals surface area (Å²) in [5.74, 6) is 1.40. The summed E-state index contributed by atoms with van der Waals surface area (Å²) in [7, 11) is 0. The minimum absolute atomic E-state index is 0.0186. The maximum Gasteiger partial charge on any atom is 0.229 e. The molecule has 33 heavy (non-hydrogen) atoms. The highest BCUT2D eigenvalue weighted by atomic mass is 35.5. The summed E-state index contributed by atoms with van der Waals surface area (Å²) in [6, 6.07) is 6.13. The maximum absolute atomic E-state index is 12.9. The Labute approximate surface area is 199 Å². The molecule has 0 radical (unpaired) electrons. The number of hydrogen-bond acceptors (Lipinski definition) is 6. The average Bonchev–Trinajstić information content (AvgIpc) is 3.42. The number of nitrogens with zero attached hydrogens (tertiary/aromatic N) is 4. The lowest BCUT2D eigenvalue weighted by molar-refractivity contribution is -0.154. The number of benzene rings is 1. The van der Waals surface area contributed by atoms with Crippen LogP contribution in [-0.2, 0) is 9.59 Å². The molecule has 1 saturated carbocycles. The number of fused-ring (bicyclic) bond motifs is 2. The first-order chi connectivity index (χ1) is 16.0. The zero-order valence-corrected chi connectivity index (χ0v) is 19.7. The maximum atomic E-state index is 12.9. The fourth-order valence-corrected chi connectivity index (χ4v) is 6.86. The lowest BCUT2D eigenvalue weighted by Gasteiger charge is -2.47. The Kier molecular flexibility index (Phi) is 5.37. The second-order valence-electron chi connectivity index (χ2n) is 10.6. The van der Waals surface area contributed by atoms with Crippen molar-refractivity contribution in [2.45, 2.75) is 57.4 Å². The summed E-state index contributed by atoms with van der Waals surface area (Å²) in [5.41, 5.74) is 0.703. The number of carbonyl (C=O) groups is 2. The zero-order valence-electron chi connectivity index (χ0n) is 19.0. The summed E-state index contributed by atoms with van der Waals surface area (Å²) in [4.78, 5) is 32.2. The number of rotatable bonds is 3. The molecule has 4 aliphatic rings. The average molecular weight is 471 g/mol. The SMILES string of the molecule is O=C1CC2(CCCC2)CC(=O)N1C[C@H]1CC[C@H]2CN(c3noc4cc(Cl)ccc34)CCN2C1. The van der Waals surface area contributed by atoms with E-state index < -0.39 is 0 Å². The van der Waals surface area contributed by atoms with Crippen LogP contribution in [0.15, 0.2) is 22.7 Å². The molecule has 8 heteroatoms. The van der Waals surface area contributed by atoms with Crippen LogP contribution in [0, 0.1) is 11.3 Å². The van der Waals surface area contributed by atoms with Gasteiger partial charge in [-0.2, -0.15) is 0 Å². The van der Waals surface area contributed by atoms with Crippen molar-refractivity contribution in [3.8, 4) is 0 Å². The predicted octanol–water partition coefficient (Wildman–Crippen LogP) is 4.09. The van der Waals surface area contributed by atoms with Crippen molar-refractivity contribution in [1.29, 1.82) is 0 Å². The van der Waals surface area contributed by atoms with Crippen LogP contribution in [0.4, 0.5) is 5.82 Å². The first-order valence-corrected chi connectivity index (χ1v) is 12.7. The van der Waals surface area contributed by atoms with E-state index in [1.807, 2.05) is 18.2 Å². The third-order valence-electron chi connectivity index (χ3n) is 8.48.